The molecule has 3 aromatic heterocycles. The van der Waals surface area contributed by atoms with Crippen LogP contribution in [-0.4, -0.2) is 171 Å². The molecule has 0 aliphatic carbocycles. The molecule has 0 bridgehead atoms. The molecule has 0 fully saturated rings. The van der Waals surface area contributed by atoms with E-state index in [-0.39, 0.29) is 49.8 Å². The first-order valence-corrected chi connectivity index (χ1v) is 28.2. The van der Waals surface area contributed by atoms with Crippen molar-refractivity contribution in [2.75, 3.05) is 105 Å². The number of benzene rings is 2. The number of aromatic nitrogens is 4. The summed E-state index contributed by atoms with van der Waals surface area (Å²) >= 11 is 0. The highest BCUT2D eigenvalue weighted by Gasteiger charge is 2.24. The molecule has 6 amide bonds. The largest absolute Gasteiger partial charge is 0.481 e. The third-order valence-corrected chi connectivity index (χ3v) is 13.2. The summed E-state index contributed by atoms with van der Waals surface area (Å²) in [6.45, 7) is 6.18. The first kappa shape index (κ1) is 64.4. The monoisotopic (exact) mass is 1150 g/mol. The number of carbonyl (C=O) groups excluding carboxylic acids is 5. The number of unbranched alkanes of at least 4 members (excludes halogenated alkanes) is 4. The number of hydrogen-bond acceptors (Lipinski definition) is 16. The number of ether oxygens (including phenoxy) is 6. The van der Waals surface area contributed by atoms with Crippen molar-refractivity contribution in [2.45, 2.75) is 89.9 Å². The van der Waals surface area contributed by atoms with Gasteiger partial charge in [-0.2, -0.15) is 5.10 Å². The Labute approximate surface area is 482 Å². The fourth-order valence-electron chi connectivity index (χ4n) is 8.72. The van der Waals surface area contributed by atoms with Crippen molar-refractivity contribution in [1.82, 2.24) is 45.9 Å². The topological polar surface area (TPSA) is 302 Å². The Bertz CT molecular complexity index is 2880. The molecule has 6 rings (SSSR count). The lowest BCUT2D eigenvalue weighted by Gasteiger charge is -2.19. The van der Waals surface area contributed by atoms with Gasteiger partial charge in [0.15, 0.2) is 0 Å². The van der Waals surface area contributed by atoms with Gasteiger partial charge in [0.1, 0.15) is 6.04 Å². The maximum Gasteiger partial charge on any atom is 0.322 e. The number of nitrogens with one attached hydrogen (secondary N) is 5. The highest BCUT2D eigenvalue weighted by Crippen LogP contribution is 2.27. The zero-order valence-electron chi connectivity index (χ0n) is 47.2. The second-order valence-corrected chi connectivity index (χ2v) is 19.5. The minimum Gasteiger partial charge on any atom is -0.481 e. The SMILES string of the molecule is COCCOCCOCCOCCOCCOCCC(=O)NCCCC[C@H](NC(=O)CNC(=O)CCC(=O)O)C(=O)NCCCCCCn1nc(-c2ccc(NC(=O)N3Cc4ccncc4C3)cc2)cc(-c2ccc3cccnc3c2)c1=O. The molecule has 6 N–H and O–H groups in total. The molecule has 5 aromatic rings. The van der Waals surface area contributed by atoms with Crippen LogP contribution in [0.3, 0.4) is 0 Å². The van der Waals surface area contributed by atoms with Gasteiger partial charge >= 0.3 is 12.0 Å². The van der Waals surface area contributed by atoms with E-state index in [1.165, 1.54) is 4.68 Å². The van der Waals surface area contributed by atoms with Crippen molar-refractivity contribution >= 4 is 52.2 Å². The lowest BCUT2D eigenvalue weighted by Crippen LogP contribution is -2.49. The van der Waals surface area contributed by atoms with E-state index < -0.39 is 36.3 Å². The Morgan fingerprint density at radius 1 is 0.639 bits per heavy atom. The van der Waals surface area contributed by atoms with Gasteiger partial charge < -0.3 is 65.0 Å². The number of fused-ring (bicyclic) bond motifs is 2. The van der Waals surface area contributed by atoms with Gasteiger partial charge in [-0.15, -0.1) is 0 Å². The summed E-state index contributed by atoms with van der Waals surface area (Å²) in [5.41, 5.74) is 5.68. The van der Waals surface area contributed by atoms with E-state index >= 15 is 0 Å². The Morgan fingerprint density at radius 3 is 2.00 bits per heavy atom. The number of rotatable bonds is 40. The number of amides is 6. The number of carboxylic acids is 1. The number of carbonyl (C=O) groups is 6. The van der Waals surface area contributed by atoms with Crippen molar-refractivity contribution in [3.63, 3.8) is 0 Å². The highest BCUT2D eigenvalue weighted by molar-refractivity contribution is 5.91. The van der Waals surface area contributed by atoms with Crippen LogP contribution in [0.15, 0.2) is 90.1 Å². The number of pyridine rings is 2. The second kappa shape index (κ2) is 36.7. The zero-order valence-corrected chi connectivity index (χ0v) is 47.2. The summed E-state index contributed by atoms with van der Waals surface area (Å²) in [6, 6.07) is 19.4. The van der Waals surface area contributed by atoms with Crippen LogP contribution in [0.1, 0.15) is 75.3 Å². The molecular formula is C59H78N10O14. The van der Waals surface area contributed by atoms with Gasteiger partial charge in [-0.1, -0.05) is 43.2 Å². The fourth-order valence-corrected chi connectivity index (χ4v) is 8.72. The average molecular weight is 1150 g/mol. The lowest BCUT2D eigenvalue weighted by atomic mass is 10.0. The molecule has 2 aromatic carbocycles. The van der Waals surface area contributed by atoms with Crippen molar-refractivity contribution in [3.05, 3.63) is 107 Å². The van der Waals surface area contributed by atoms with Crippen molar-refractivity contribution in [1.29, 1.82) is 0 Å². The first-order chi connectivity index (χ1) is 40.5. The normalized spacial score (nSPS) is 12.2. The van der Waals surface area contributed by atoms with E-state index in [4.69, 9.17) is 38.6 Å². The van der Waals surface area contributed by atoms with E-state index in [9.17, 15) is 33.6 Å². The third-order valence-electron chi connectivity index (χ3n) is 13.2. The maximum absolute atomic E-state index is 14.1. The van der Waals surface area contributed by atoms with Crippen molar-refractivity contribution in [3.8, 4) is 22.4 Å². The van der Waals surface area contributed by atoms with Crippen molar-refractivity contribution in [2.24, 2.45) is 0 Å². The molecule has 0 unspecified atom stereocenters. The standard InChI is InChI=1S/C59H78N10O14/c1-78-27-28-80-31-32-82-35-36-83-34-33-81-30-29-79-26-20-54(71)62-21-6-4-10-50(66-55(72)40-64-53(70)17-18-56(73)74)57(75)63-22-5-2-3-7-25-69-58(76)49(45-12-11-43-9-8-23-61-51(43)37-45)38-52(67-69)44-13-15-48(16-14-44)65-59(77)68-41-46-19-24-60-39-47(46)42-68/h8-9,11-16,19,23-24,37-39,50H,2-7,10,17-18,20-22,25-36,40-42H2,1H3,(H,62,71)(H,63,75)(H,64,70)(H,65,77)(H,66,72)(H,73,74)/t50-/m0/s1. The first-order valence-electron chi connectivity index (χ1n) is 28.2. The van der Waals surface area contributed by atoms with Crippen LogP contribution >= 0.6 is 0 Å². The van der Waals surface area contributed by atoms with Crippen LogP contribution in [0.2, 0.25) is 0 Å². The molecule has 0 radical (unpaired) electrons. The fraction of sp³-hybridized carbons (Fsp3) is 0.492. The van der Waals surface area contributed by atoms with E-state index in [0.717, 1.165) is 27.6 Å². The zero-order chi connectivity index (χ0) is 58.9. The predicted octanol–water partition coefficient (Wildman–Crippen LogP) is 4.62. The summed E-state index contributed by atoms with van der Waals surface area (Å²) in [5, 5.41) is 28.4. The van der Waals surface area contributed by atoms with Crippen LogP contribution in [-0.2, 0) is 72.0 Å². The van der Waals surface area contributed by atoms with Gasteiger partial charge in [0.05, 0.1) is 102 Å². The minimum absolute atomic E-state index is 0.154. The lowest BCUT2D eigenvalue weighted by molar-refractivity contribution is -0.139. The van der Waals surface area contributed by atoms with Crippen LogP contribution in [0.4, 0.5) is 10.5 Å². The molecule has 448 valence electrons. The molecule has 1 aliphatic rings. The number of carboxylic acid groups (broad SMARTS) is 1. The Morgan fingerprint density at radius 2 is 1.29 bits per heavy atom. The van der Waals surface area contributed by atoms with E-state index in [1.54, 1.807) is 36.7 Å². The third kappa shape index (κ3) is 23.6. The number of anilines is 1. The highest BCUT2D eigenvalue weighted by atomic mass is 16.6. The summed E-state index contributed by atoms with van der Waals surface area (Å²) in [5.74, 6) is -2.98. The molecule has 0 saturated heterocycles. The smallest absolute Gasteiger partial charge is 0.322 e. The number of hydrogen-bond donors (Lipinski definition) is 6. The molecule has 0 saturated carbocycles. The van der Waals surface area contributed by atoms with E-state index in [2.05, 4.69) is 36.6 Å². The molecule has 24 heteroatoms. The number of aryl methyl sites for hydroxylation is 1. The van der Waals surface area contributed by atoms with Gasteiger partial charge in [-0.25, -0.2) is 9.48 Å². The molecule has 0 spiro atoms. The number of aliphatic carboxylic acids is 1. The van der Waals surface area contributed by atoms with Crippen LogP contribution in [0.25, 0.3) is 33.3 Å². The van der Waals surface area contributed by atoms with Gasteiger partial charge in [0.2, 0.25) is 23.6 Å². The summed E-state index contributed by atoms with van der Waals surface area (Å²) in [6.07, 6.45) is 8.57. The van der Waals surface area contributed by atoms with Gasteiger partial charge in [0, 0.05) is 87.9 Å². The molecule has 24 nitrogen and oxygen atoms in total. The van der Waals surface area contributed by atoms with Gasteiger partial charge in [0.25, 0.3) is 5.56 Å². The summed E-state index contributed by atoms with van der Waals surface area (Å²) in [4.78, 5) is 99.5. The second-order valence-electron chi connectivity index (χ2n) is 19.5. The number of nitrogens with zero attached hydrogens (tertiary/aromatic N) is 5. The Kier molecular flexibility index (Phi) is 28.5. The van der Waals surface area contributed by atoms with Gasteiger partial charge in [-0.3, -0.25) is 38.7 Å². The van der Waals surface area contributed by atoms with Crippen molar-refractivity contribution < 1.29 is 62.3 Å². The average Bonchev–Trinajstić information content (AvgIpc) is 4.09. The van der Waals surface area contributed by atoms with Crippen LogP contribution in [0.5, 0.6) is 0 Å². The molecule has 83 heavy (non-hydrogen) atoms. The molecule has 1 aliphatic heterocycles. The van der Waals surface area contributed by atoms with Gasteiger partial charge in [-0.05, 0) is 85.2 Å². The minimum atomic E-state index is -1.14. The summed E-state index contributed by atoms with van der Waals surface area (Å²) in [7, 11) is 1.62. The van der Waals surface area contributed by atoms with Crippen LogP contribution in [0, 0.1) is 0 Å². The van der Waals surface area contributed by atoms with E-state index in [1.807, 2.05) is 60.7 Å². The molecule has 4 heterocycles. The Balaban J connectivity index is 0.920. The molecular weight excluding hydrogens is 1070 g/mol. The Hall–Kier alpha value is -7.74. The number of urea groups is 1. The van der Waals surface area contributed by atoms with Crippen LogP contribution < -0.4 is 32.1 Å². The summed E-state index contributed by atoms with van der Waals surface area (Å²) < 4.78 is 33.6. The molecule has 1 atom stereocenters. The number of methoxy groups -OCH3 is 1. The van der Waals surface area contributed by atoms with E-state index in [0.29, 0.717) is 160 Å². The maximum atomic E-state index is 14.1. The quantitative estimate of drug-likeness (QED) is 0.0292. The predicted molar refractivity (Wildman–Crippen MR) is 308 cm³/mol.